The van der Waals surface area contributed by atoms with E-state index < -0.39 is 11.2 Å². The van der Waals surface area contributed by atoms with E-state index in [1.807, 2.05) is 0 Å². The van der Waals surface area contributed by atoms with Crippen molar-refractivity contribution in [3.63, 3.8) is 0 Å². The number of rotatable bonds is 3. The Labute approximate surface area is 114 Å². The number of halogens is 4. The minimum atomic E-state index is -0.417. The van der Waals surface area contributed by atoms with Gasteiger partial charge >= 0.3 is 0 Å². The van der Waals surface area contributed by atoms with Crippen molar-refractivity contribution in [1.82, 2.24) is 0 Å². The summed E-state index contributed by atoms with van der Waals surface area (Å²) in [5.41, 5.74) is 1.42. The van der Waals surface area contributed by atoms with Crippen LogP contribution in [0.5, 0.6) is 0 Å². The van der Waals surface area contributed by atoms with E-state index in [9.17, 15) is 8.78 Å². The molecule has 0 fully saturated rings. The van der Waals surface area contributed by atoms with Crippen LogP contribution in [0.25, 0.3) is 0 Å². The van der Waals surface area contributed by atoms with Gasteiger partial charge in [-0.2, -0.15) is 0 Å². The maximum absolute atomic E-state index is 13.0. The second-order valence-corrected chi connectivity index (χ2v) is 4.90. The molecule has 0 amide bonds. The van der Waals surface area contributed by atoms with Crippen molar-refractivity contribution in [2.24, 2.45) is 0 Å². The highest BCUT2D eigenvalue weighted by molar-refractivity contribution is 6.32. The van der Waals surface area contributed by atoms with Gasteiger partial charge in [0.25, 0.3) is 0 Å². The van der Waals surface area contributed by atoms with E-state index in [0.717, 1.165) is 5.56 Å². The van der Waals surface area contributed by atoms with Crippen molar-refractivity contribution < 1.29 is 8.78 Å². The van der Waals surface area contributed by atoms with Crippen LogP contribution in [0.15, 0.2) is 42.5 Å². The van der Waals surface area contributed by atoms with Crippen LogP contribution in [0.1, 0.15) is 16.5 Å². The molecule has 0 heterocycles. The van der Waals surface area contributed by atoms with Crippen molar-refractivity contribution >= 4 is 23.2 Å². The Morgan fingerprint density at radius 2 is 1.72 bits per heavy atom. The summed E-state index contributed by atoms with van der Waals surface area (Å²) in [6.07, 6.45) is 0.435. The van der Waals surface area contributed by atoms with Gasteiger partial charge in [0.1, 0.15) is 11.6 Å². The minimum absolute atomic E-state index is 0.284. The van der Waals surface area contributed by atoms with Crippen molar-refractivity contribution in [1.29, 1.82) is 0 Å². The maximum atomic E-state index is 13.0. The van der Waals surface area contributed by atoms with Crippen LogP contribution >= 0.6 is 23.2 Å². The first kappa shape index (κ1) is 13.3. The van der Waals surface area contributed by atoms with E-state index in [2.05, 4.69) is 0 Å². The Morgan fingerprint density at radius 3 is 2.39 bits per heavy atom. The van der Waals surface area contributed by atoms with E-state index in [4.69, 9.17) is 23.2 Å². The lowest BCUT2D eigenvalue weighted by atomic mass is 10.0. The lowest BCUT2D eigenvalue weighted by Crippen LogP contribution is -1.97. The first-order valence-electron chi connectivity index (χ1n) is 5.40. The molecule has 1 atom stereocenters. The molecule has 18 heavy (non-hydrogen) atoms. The van der Waals surface area contributed by atoms with Gasteiger partial charge in [0.15, 0.2) is 0 Å². The summed E-state index contributed by atoms with van der Waals surface area (Å²) in [7, 11) is 0. The fraction of sp³-hybridized carbons (Fsp3) is 0.143. The molecule has 0 saturated carbocycles. The SMILES string of the molecule is Fc1cccc(CC(Cl)c2ccc(F)cc2Cl)c1. The molecule has 0 spiro atoms. The maximum Gasteiger partial charge on any atom is 0.124 e. The Morgan fingerprint density at radius 1 is 1.00 bits per heavy atom. The van der Waals surface area contributed by atoms with Crippen LogP contribution in [0, 0.1) is 11.6 Å². The first-order valence-corrected chi connectivity index (χ1v) is 6.21. The zero-order chi connectivity index (χ0) is 13.1. The fourth-order valence-corrected chi connectivity index (χ4v) is 2.46. The van der Waals surface area contributed by atoms with Gasteiger partial charge in [-0.3, -0.25) is 0 Å². The second kappa shape index (κ2) is 5.68. The van der Waals surface area contributed by atoms with Gasteiger partial charge in [-0.05, 0) is 41.8 Å². The molecule has 0 aromatic heterocycles. The van der Waals surface area contributed by atoms with Crippen LogP contribution < -0.4 is 0 Å². The monoisotopic (exact) mass is 286 g/mol. The highest BCUT2D eigenvalue weighted by atomic mass is 35.5. The summed E-state index contributed by atoms with van der Waals surface area (Å²) in [6, 6.07) is 10.3. The van der Waals surface area contributed by atoms with Gasteiger partial charge in [-0.25, -0.2) is 8.78 Å². The molecule has 94 valence electrons. The molecule has 0 nitrogen and oxygen atoms in total. The van der Waals surface area contributed by atoms with Crippen molar-refractivity contribution in [2.45, 2.75) is 11.8 Å². The summed E-state index contributed by atoms with van der Waals surface area (Å²) >= 11 is 12.1. The highest BCUT2D eigenvalue weighted by Gasteiger charge is 2.13. The smallest absolute Gasteiger partial charge is 0.124 e. The van der Waals surface area contributed by atoms with E-state index in [1.165, 1.54) is 24.3 Å². The predicted octanol–water partition coefficient (Wildman–Crippen LogP) is 5.14. The molecule has 1 unspecified atom stereocenters. The fourth-order valence-electron chi connectivity index (χ4n) is 1.74. The van der Waals surface area contributed by atoms with Gasteiger partial charge in [-0.15, -0.1) is 11.6 Å². The summed E-state index contributed by atoms with van der Waals surface area (Å²) in [4.78, 5) is 0. The lowest BCUT2D eigenvalue weighted by Gasteiger charge is -2.12. The molecule has 0 N–H and O–H groups in total. The quantitative estimate of drug-likeness (QED) is 0.685. The molecule has 0 saturated heterocycles. The molecular formula is C14H10Cl2F2. The van der Waals surface area contributed by atoms with Crippen LogP contribution in [0.4, 0.5) is 8.78 Å². The zero-order valence-corrected chi connectivity index (χ0v) is 10.8. The standard InChI is InChI=1S/C14H10Cl2F2/c15-13(7-9-2-1-3-10(17)6-9)12-5-4-11(18)8-14(12)16/h1-6,8,13H,7H2. The van der Waals surface area contributed by atoms with E-state index >= 15 is 0 Å². The summed E-state index contributed by atoms with van der Waals surface area (Å²) in [5.74, 6) is -0.708. The Hall–Kier alpha value is -1.12. The molecule has 2 aromatic carbocycles. The van der Waals surface area contributed by atoms with Gasteiger partial charge in [-0.1, -0.05) is 29.8 Å². The lowest BCUT2D eigenvalue weighted by molar-refractivity contribution is 0.624. The van der Waals surface area contributed by atoms with Crippen LogP contribution in [0.3, 0.4) is 0 Å². The first-order chi connectivity index (χ1) is 8.56. The second-order valence-electron chi connectivity index (χ2n) is 3.97. The van der Waals surface area contributed by atoms with Gasteiger partial charge in [0.05, 0.1) is 5.38 Å². The topological polar surface area (TPSA) is 0 Å². The Balaban J connectivity index is 2.19. The van der Waals surface area contributed by atoms with Crippen LogP contribution in [-0.4, -0.2) is 0 Å². The average molecular weight is 287 g/mol. The van der Waals surface area contributed by atoms with Crippen LogP contribution in [0.2, 0.25) is 5.02 Å². The highest BCUT2D eigenvalue weighted by Crippen LogP contribution is 2.31. The number of alkyl halides is 1. The van der Waals surface area contributed by atoms with Gasteiger partial charge in [0.2, 0.25) is 0 Å². The van der Waals surface area contributed by atoms with E-state index in [0.29, 0.717) is 12.0 Å². The molecular weight excluding hydrogens is 277 g/mol. The normalized spacial score (nSPS) is 12.4. The molecule has 2 rings (SSSR count). The predicted molar refractivity (Wildman–Crippen MR) is 70.1 cm³/mol. The third-order valence-electron chi connectivity index (χ3n) is 2.60. The largest absolute Gasteiger partial charge is 0.207 e. The van der Waals surface area contributed by atoms with E-state index in [-0.39, 0.29) is 10.8 Å². The third kappa shape index (κ3) is 3.21. The van der Waals surface area contributed by atoms with E-state index in [1.54, 1.807) is 18.2 Å². The number of benzene rings is 2. The van der Waals surface area contributed by atoms with Crippen molar-refractivity contribution in [3.8, 4) is 0 Å². The Kier molecular flexibility index (Phi) is 4.20. The number of hydrogen-bond donors (Lipinski definition) is 0. The van der Waals surface area contributed by atoms with Crippen molar-refractivity contribution in [2.75, 3.05) is 0 Å². The summed E-state index contributed by atoms with van der Waals surface area (Å²) in [5, 5.41) is -0.133. The third-order valence-corrected chi connectivity index (χ3v) is 3.32. The molecule has 0 aliphatic heterocycles. The Bertz CT molecular complexity index is 555. The summed E-state index contributed by atoms with van der Waals surface area (Å²) in [6.45, 7) is 0. The molecule has 0 bridgehead atoms. The zero-order valence-electron chi connectivity index (χ0n) is 9.34. The molecule has 2 aromatic rings. The number of hydrogen-bond acceptors (Lipinski definition) is 0. The van der Waals surface area contributed by atoms with Gasteiger partial charge in [0, 0.05) is 5.02 Å². The molecule has 0 aliphatic rings. The van der Waals surface area contributed by atoms with Crippen LogP contribution in [-0.2, 0) is 6.42 Å². The molecule has 0 radical (unpaired) electrons. The van der Waals surface area contributed by atoms with Crippen molar-refractivity contribution in [3.05, 3.63) is 70.2 Å². The minimum Gasteiger partial charge on any atom is -0.207 e. The van der Waals surface area contributed by atoms with Gasteiger partial charge < -0.3 is 0 Å². The average Bonchev–Trinajstić information content (AvgIpc) is 2.28. The summed E-state index contributed by atoms with van der Waals surface area (Å²) < 4.78 is 25.9. The molecule has 4 heteroatoms. The molecule has 0 aliphatic carbocycles.